The van der Waals surface area contributed by atoms with Crippen molar-refractivity contribution >= 4 is 23.2 Å². The van der Waals surface area contributed by atoms with E-state index in [-0.39, 0.29) is 10.9 Å². The molecular weight excluding hydrogens is 371 g/mol. The molecule has 1 aliphatic heterocycles. The molecule has 0 radical (unpaired) electrons. The summed E-state index contributed by atoms with van der Waals surface area (Å²) < 4.78 is 23.9. The maximum Gasteiger partial charge on any atom is 0.225 e. The first-order valence-corrected chi connectivity index (χ1v) is 9.09. The van der Waals surface area contributed by atoms with Crippen LogP contribution < -0.4 is 14.8 Å². The third-order valence-corrected chi connectivity index (χ3v) is 4.95. The van der Waals surface area contributed by atoms with Crippen LogP contribution in [0.4, 0.5) is 10.1 Å². The Labute approximate surface area is 163 Å². The summed E-state index contributed by atoms with van der Waals surface area (Å²) in [6.07, 6.45) is 1.24. The van der Waals surface area contributed by atoms with Crippen molar-refractivity contribution in [2.45, 2.75) is 19.4 Å². The molecule has 5 nitrogen and oxygen atoms in total. The van der Waals surface area contributed by atoms with Gasteiger partial charge in [0.15, 0.2) is 11.5 Å². The van der Waals surface area contributed by atoms with Crippen LogP contribution in [-0.4, -0.2) is 38.1 Å². The molecule has 2 aromatic rings. The van der Waals surface area contributed by atoms with Crippen LogP contribution in [-0.2, 0) is 17.8 Å². The summed E-state index contributed by atoms with van der Waals surface area (Å²) in [5.74, 6) is 0.815. The summed E-state index contributed by atoms with van der Waals surface area (Å²) >= 11 is 5.74. The number of hydrogen-bond acceptors (Lipinski definition) is 4. The van der Waals surface area contributed by atoms with Crippen LogP contribution in [0.15, 0.2) is 30.3 Å². The summed E-state index contributed by atoms with van der Waals surface area (Å²) in [6.45, 7) is 2.26. The number of benzene rings is 2. The number of halogens is 2. The average Bonchev–Trinajstić information content (AvgIpc) is 2.67. The van der Waals surface area contributed by atoms with Crippen LogP contribution >= 0.6 is 11.6 Å². The number of rotatable bonds is 6. The minimum atomic E-state index is -0.506. The monoisotopic (exact) mass is 392 g/mol. The largest absolute Gasteiger partial charge is 0.493 e. The van der Waals surface area contributed by atoms with Gasteiger partial charge < -0.3 is 14.8 Å². The van der Waals surface area contributed by atoms with Gasteiger partial charge in [-0.25, -0.2) is 4.39 Å². The second-order valence-corrected chi connectivity index (χ2v) is 6.84. The molecule has 0 aromatic heterocycles. The SMILES string of the molecule is COc1cc2c(cc1OC)CN(CCC(=O)Nc1ccc(F)c(Cl)c1)CC2. The number of carbonyl (C=O) groups excluding carboxylic acids is 1. The number of nitrogens with one attached hydrogen (secondary N) is 1. The van der Waals surface area contributed by atoms with Crippen LogP contribution in [0, 0.1) is 5.82 Å². The van der Waals surface area contributed by atoms with Gasteiger partial charge in [-0.1, -0.05) is 11.6 Å². The Morgan fingerprint density at radius 1 is 1.19 bits per heavy atom. The molecule has 0 unspecified atom stereocenters. The molecule has 0 saturated heterocycles. The van der Waals surface area contributed by atoms with E-state index in [1.165, 1.54) is 29.3 Å². The van der Waals surface area contributed by atoms with E-state index < -0.39 is 5.82 Å². The summed E-state index contributed by atoms with van der Waals surface area (Å²) in [7, 11) is 3.25. The lowest BCUT2D eigenvalue weighted by atomic mass is 9.98. The van der Waals surface area contributed by atoms with E-state index in [4.69, 9.17) is 21.1 Å². The lowest BCUT2D eigenvalue weighted by Gasteiger charge is -2.29. The Morgan fingerprint density at radius 2 is 1.89 bits per heavy atom. The quantitative estimate of drug-likeness (QED) is 0.810. The highest BCUT2D eigenvalue weighted by Gasteiger charge is 2.20. The number of anilines is 1. The molecule has 27 heavy (non-hydrogen) atoms. The van der Waals surface area contributed by atoms with Crippen LogP contribution in [0.2, 0.25) is 5.02 Å². The summed E-state index contributed by atoms with van der Waals surface area (Å²) in [5.41, 5.74) is 2.92. The van der Waals surface area contributed by atoms with E-state index in [0.29, 0.717) is 24.4 Å². The molecule has 1 aliphatic rings. The lowest BCUT2D eigenvalue weighted by molar-refractivity contribution is -0.116. The van der Waals surface area contributed by atoms with Crippen molar-refractivity contribution in [2.24, 2.45) is 0 Å². The van der Waals surface area contributed by atoms with Crippen molar-refractivity contribution in [3.63, 3.8) is 0 Å². The number of fused-ring (bicyclic) bond motifs is 1. The van der Waals surface area contributed by atoms with Gasteiger partial charge in [0.25, 0.3) is 0 Å². The van der Waals surface area contributed by atoms with E-state index >= 15 is 0 Å². The maximum atomic E-state index is 13.2. The van der Waals surface area contributed by atoms with Crippen LogP contribution in [0.3, 0.4) is 0 Å². The zero-order valence-corrected chi connectivity index (χ0v) is 16.1. The molecule has 0 aliphatic carbocycles. The van der Waals surface area contributed by atoms with E-state index in [9.17, 15) is 9.18 Å². The van der Waals surface area contributed by atoms with Crippen molar-refractivity contribution in [1.29, 1.82) is 0 Å². The first kappa shape index (κ1) is 19.5. The fourth-order valence-corrected chi connectivity index (χ4v) is 3.37. The zero-order valence-electron chi connectivity index (χ0n) is 15.4. The smallest absolute Gasteiger partial charge is 0.225 e. The molecular formula is C20H22ClFN2O3. The summed E-state index contributed by atoms with van der Waals surface area (Å²) in [6, 6.07) is 8.17. The predicted molar refractivity (Wildman–Crippen MR) is 103 cm³/mol. The van der Waals surface area contributed by atoms with E-state index in [1.54, 1.807) is 14.2 Å². The van der Waals surface area contributed by atoms with Crippen molar-refractivity contribution < 1.29 is 18.7 Å². The van der Waals surface area contributed by atoms with Gasteiger partial charge in [-0.2, -0.15) is 0 Å². The van der Waals surface area contributed by atoms with Gasteiger partial charge in [0.05, 0.1) is 19.2 Å². The summed E-state index contributed by atoms with van der Waals surface area (Å²) in [4.78, 5) is 14.4. The zero-order chi connectivity index (χ0) is 19.4. The van der Waals surface area contributed by atoms with Gasteiger partial charge in [0.2, 0.25) is 5.91 Å². The van der Waals surface area contributed by atoms with E-state index in [0.717, 1.165) is 25.3 Å². The fraction of sp³-hybridized carbons (Fsp3) is 0.350. The Kier molecular flexibility index (Phi) is 6.19. The fourth-order valence-electron chi connectivity index (χ4n) is 3.19. The number of methoxy groups -OCH3 is 2. The lowest BCUT2D eigenvalue weighted by Crippen LogP contribution is -2.33. The van der Waals surface area contributed by atoms with Crippen molar-refractivity contribution in [1.82, 2.24) is 4.90 Å². The van der Waals surface area contributed by atoms with E-state index in [2.05, 4.69) is 10.2 Å². The standard InChI is InChI=1S/C20H22ClFN2O3/c1-26-18-9-13-5-7-24(12-14(13)10-19(18)27-2)8-6-20(25)23-15-3-4-17(22)16(21)11-15/h3-4,9-11H,5-8,12H2,1-2H3,(H,23,25). The third kappa shape index (κ3) is 4.70. The Morgan fingerprint density at radius 3 is 2.56 bits per heavy atom. The molecule has 7 heteroatoms. The third-order valence-electron chi connectivity index (χ3n) is 4.66. The number of amides is 1. The average molecular weight is 393 g/mol. The Hall–Kier alpha value is -2.31. The number of ether oxygens (including phenoxy) is 2. The highest BCUT2D eigenvalue weighted by molar-refractivity contribution is 6.31. The van der Waals surface area contributed by atoms with Crippen molar-refractivity contribution in [3.8, 4) is 11.5 Å². The second-order valence-electron chi connectivity index (χ2n) is 6.43. The van der Waals surface area contributed by atoms with Gasteiger partial charge in [-0.05, 0) is 47.9 Å². The highest BCUT2D eigenvalue weighted by atomic mass is 35.5. The molecule has 2 aromatic carbocycles. The maximum absolute atomic E-state index is 13.2. The topological polar surface area (TPSA) is 50.8 Å². The van der Waals surface area contributed by atoms with Gasteiger partial charge in [0.1, 0.15) is 5.82 Å². The first-order chi connectivity index (χ1) is 13.0. The molecule has 144 valence electrons. The van der Waals surface area contributed by atoms with Crippen LogP contribution in [0.5, 0.6) is 11.5 Å². The normalized spacial score (nSPS) is 13.8. The molecule has 1 heterocycles. The second kappa shape index (κ2) is 8.59. The van der Waals surface area contributed by atoms with E-state index in [1.807, 2.05) is 12.1 Å². The molecule has 0 atom stereocenters. The van der Waals surface area contributed by atoms with Crippen molar-refractivity contribution in [2.75, 3.05) is 32.6 Å². The molecule has 0 spiro atoms. The molecule has 0 fully saturated rings. The first-order valence-electron chi connectivity index (χ1n) is 8.71. The molecule has 3 rings (SSSR count). The van der Waals surface area contributed by atoms with Gasteiger partial charge in [-0.3, -0.25) is 9.69 Å². The van der Waals surface area contributed by atoms with Crippen molar-refractivity contribution in [3.05, 3.63) is 52.3 Å². The highest BCUT2D eigenvalue weighted by Crippen LogP contribution is 2.33. The molecule has 0 saturated carbocycles. The Balaban J connectivity index is 1.56. The van der Waals surface area contributed by atoms with Gasteiger partial charge >= 0.3 is 0 Å². The minimum absolute atomic E-state index is 0.00943. The van der Waals surface area contributed by atoms with Gasteiger partial charge in [-0.15, -0.1) is 0 Å². The van der Waals surface area contributed by atoms with Crippen LogP contribution in [0.25, 0.3) is 0 Å². The number of hydrogen-bond donors (Lipinski definition) is 1. The number of nitrogens with zero attached hydrogens (tertiary/aromatic N) is 1. The van der Waals surface area contributed by atoms with Crippen LogP contribution in [0.1, 0.15) is 17.5 Å². The molecule has 1 N–H and O–H groups in total. The predicted octanol–water partition coefficient (Wildman–Crippen LogP) is 3.88. The molecule has 1 amide bonds. The summed E-state index contributed by atoms with van der Waals surface area (Å²) in [5, 5.41) is 2.74. The minimum Gasteiger partial charge on any atom is -0.493 e. The van der Waals surface area contributed by atoms with Gasteiger partial charge in [0, 0.05) is 31.7 Å². The molecule has 0 bridgehead atoms. The Bertz CT molecular complexity index is 844. The number of carbonyl (C=O) groups is 1.